The van der Waals surface area contributed by atoms with Crippen molar-refractivity contribution in [2.75, 3.05) is 7.11 Å². The molecule has 2 unspecified atom stereocenters. The Hall–Kier alpha value is -6.80. The molecule has 6 aromatic rings. The first-order valence-corrected chi connectivity index (χ1v) is 20.9. The van der Waals surface area contributed by atoms with Gasteiger partial charge in [-0.25, -0.2) is 14.4 Å². The summed E-state index contributed by atoms with van der Waals surface area (Å²) in [5.74, 6) is 0.539. The van der Waals surface area contributed by atoms with Gasteiger partial charge < -0.3 is 18.9 Å². The molecule has 6 aromatic carbocycles. The van der Waals surface area contributed by atoms with E-state index in [4.69, 9.17) is 18.9 Å². The summed E-state index contributed by atoms with van der Waals surface area (Å²) in [6, 6.07) is 43.5. The second-order valence-electron chi connectivity index (χ2n) is 17.7. The van der Waals surface area contributed by atoms with Crippen LogP contribution >= 0.6 is 0 Å². The summed E-state index contributed by atoms with van der Waals surface area (Å²) in [5, 5.41) is 0. The van der Waals surface area contributed by atoms with Gasteiger partial charge in [-0.15, -0.1) is 0 Å². The smallest absolute Gasteiger partial charge is 0.343 e. The van der Waals surface area contributed by atoms with E-state index in [9.17, 15) is 19.2 Å². The number of benzene rings is 6. The van der Waals surface area contributed by atoms with Gasteiger partial charge >= 0.3 is 17.9 Å². The molecule has 8 nitrogen and oxygen atoms in total. The minimum atomic E-state index is -0.599. The van der Waals surface area contributed by atoms with Crippen LogP contribution in [0.25, 0.3) is 0 Å². The van der Waals surface area contributed by atoms with Gasteiger partial charge in [-0.1, -0.05) is 101 Å². The highest BCUT2D eigenvalue weighted by Crippen LogP contribution is 2.54. The number of ketones is 1. The predicted octanol–water partition coefficient (Wildman–Crippen LogP) is 12.0. The molecule has 7 rings (SSSR count). The zero-order valence-electron chi connectivity index (χ0n) is 36.3. The van der Waals surface area contributed by atoms with E-state index < -0.39 is 17.9 Å². The van der Waals surface area contributed by atoms with Gasteiger partial charge in [-0.2, -0.15) is 0 Å². The summed E-state index contributed by atoms with van der Waals surface area (Å²) in [6.07, 6.45) is 2.87. The third-order valence-corrected chi connectivity index (χ3v) is 12.1. The lowest BCUT2D eigenvalue weighted by Gasteiger charge is -2.48. The summed E-state index contributed by atoms with van der Waals surface area (Å²) in [7, 11) is 1.64. The number of carbonyl (C=O) groups is 4. The fourth-order valence-electron chi connectivity index (χ4n) is 9.11. The highest BCUT2D eigenvalue weighted by molar-refractivity contribution is 5.98. The lowest BCUT2D eigenvalue weighted by atomic mass is 9.55. The summed E-state index contributed by atoms with van der Waals surface area (Å²) in [4.78, 5) is 51.5. The number of Topliss-reactive ketones (excluding diaryl/α,β-unsaturated/α-hetero) is 1. The average molecular weight is 829 g/mol. The second kappa shape index (κ2) is 17.7. The quantitative estimate of drug-likeness (QED) is 0.0682. The first-order valence-electron chi connectivity index (χ1n) is 20.9. The number of methoxy groups -OCH3 is 1. The van der Waals surface area contributed by atoms with Crippen LogP contribution in [-0.2, 0) is 10.8 Å². The van der Waals surface area contributed by atoms with Crippen LogP contribution in [-0.4, -0.2) is 30.8 Å². The number of rotatable bonds is 12. The molecule has 0 aromatic heterocycles. The van der Waals surface area contributed by atoms with Crippen molar-refractivity contribution in [3.05, 3.63) is 190 Å². The molecule has 0 aliphatic heterocycles. The van der Waals surface area contributed by atoms with Gasteiger partial charge in [-0.3, -0.25) is 4.79 Å². The van der Waals surface area contributed by atoms with Crippen molar-refractivity contribution in [1.29, 1.82) is 0 Å². The Kier molecular flexibility index (Phi) is 12.3. The van der Waals surface area contributed by atoms with Crippen molar-refractivity contribution in [2.24, 2.45) is 11.3 Å². The van der Waals surface area contributed by atoms with Crippen molar-refractivity contribution in [3.63, 3.8) is 0 Å². The molecule has 1 saturated carbocycles. The van der Waals surface area contributed by atoms with Crippen LogP contribution in [0.15, 0.2) is 146 Å². The standard InChI is InChI=1S/C54H52O8/c1-35-32-52(3,4)34-54(33-35,43-18-26-47(27-19-43)61-49(56)38-11-8-10-37(30-38)36(2)55)44-20-28-48(29-21-44)62-51(58)40-13-9-12-39(31-40)50(57)60-46-24-16-42(17-25-46)53(5,6)41-14-22-45(59-7)23-15-41/h8-31,35H,32-34H2,1-7H3. The maximum absolute atomic E-state index is 13.4. The van der Waals surface area contributed by atoms with E-state index in [-0.39, 0.29) is 33.2 Å². The number of esters is 3. The van der Waals surface area contributed by atoms with Crippen molar-refractivity contribution in [2.45, 2.75) is 71.6 Å². The molecular formula is C54H52O8. The Labute approximate surface area is 363 Å². The minimum absolute atomic E-state index is 0.0417. The Morgan fingerprint density at radius 1 is 0.532 bits per heavy atom. The Bertz CT molecular complexity index is 2590. The van der Waals surface area contributed by atoms with Crippen molar-refractivity contribution in [3.8, 4) is 23.0 Å². The molecule has 0 N–H and O–H groups in total. The summed E-state index contributed by atoms with van der Waals surface area (Å²) in [6.45, 7) is 12.6. The molecule has 316 valence electrons. The molecule has 8 heteroatoms. The molecule has 0 heterocycles. The Morgan fingerprint density at radius 2 is 0.903 bits per heavy atom. The van der Waals surface area contributed by atoms with E-state index >= 15 is 0 Å². The monoisotopic (exact) mass is 828 g/mol. The fraction of sp³-hybridized carbons (Fsp3) is 0.259. The summed E-state index contributed by atoms with van der Waals surface area (Å²) >= 11 is 0. The second-order valence-corrected chi connectivity index (χ2v) is 17.7. The summed E-state index contributed by atoms with van der Waals surface area (Å²) < 4.78 is 22.6. The Balaban J connectivity index is 1.03. The van der Waals surface area contributed by atoms with Crippen LogP contribution in [0.1, 0.15) is 124 Å². The molecule has 1 fully saturated rings. The van der Waals surface area contributed by atoms with Crippen LogP contribution in [0.3, 0.4) is 0 Å². The first kappa shape index (κ1) is 43.3. The lowest BCUT2D eigenvalue weighted by molar-refractivity contribution is 0.0721. The van der Waals surface area contributed by atoms with E-state index in [0.717, 1.165) is 47.3 Å². The Morgan fingerprint density at radius 3 is 1.29 bits per heavy atom. The third kappa shape index (κ3) is 9.55. The highest BCUT2D eigenvalue weighted by Gasteiger charge is 2.45. The average Bonchev–Trinajstić information content (AvgIpc) is 3.26. The van der Waals surface area contributed by atoms with Crippen LogP contribution in [0, 0.1) is 11.3 Å². The molecular weight excluding hydrogens is 777 g/mol. The van der Waals surface area contributed by atoms with E-state index in [1.807, 2.05) is 84.9 Å². The number of ether oxygens (including phenoxy) is 4. The van der Waals surface area contributed by atoms with E-state index in [0.29, 0.717) is 34.3 Å². The topological polar surface area (TPSA) is 105 Å². The number of hydrogen-bond acceptors (Lipinski definition) is 8. The van der Waals surface area contributed by atoms with Crippen LogP contribution in [0.4, 0.5) is 0 Å². The zero-order chi connectivity index (χ0) is 44.2. The molecule has 0 amide bonds. The molecule has 62 heavy (non-hydrogen) atoms. The largest absolute Gasteiger partial charge is 0.497 e. The highest BCUT2D eigenvalue weighted by atomic mass is 16.5. The van der Waals surface area contributed by atoms with E-state index in [1.54, 1.807) is 61.7 Å². The van der Waals surface area contributed by atoms with E-state index in [2.05, 4.69) is 34.6 Å². The van der Waals surface area contributed by atoms with Crippen LogP contribution < -0.4 is 18.9 Å². The molecule has 0 bridgehead atoms. The molecule has 1 aliphatic rings. The maximum atomic E-state index is 13.4. The minimum Gasteiger partial charge on any atom is -0.497 e. The molecule has 0 spiro atoms. The normalized spacial score (nSPS) is 17.0. The van der Waals surface area contributed by atoms with Crippen molar-refractivity contribution < 1.29 is 38.1 Å². The van der Waals surface area contributed by atoms with Gasteiger partial charge in [0.15, 0.2) is 5.78 Å². The van der Waals surface area contributed by atoms with Crippen molar-refractivity contribution in [1.82, 2.24) is 0 Å². The van der Waals surface area contributed by atoms with Gasteiger partial charge in [-0.05, 0) is 139 Å². The van der Waals surface area contributed by atoms with Crippen LogP contribution in [0.5, 0.6) is 23.0 Å². The lowest BCUT2D eigenvalue weighted by Crippen LogP contribution is -2.41. The van der Waals surface area contributed by atoms with Gasteiger partial charge in [0.05, 0.1) is 23.8 Å². The maximum Gasteiger partial charge on any atom is 0.343 e. The first-order chi connectivity index (χ1) is 29.5. The molecule has 0 radical (unpaired) electrons. The van der Waals surface area contributed by atoms with Gasteiger partial charge in [0.25, 0.3) is 0 Å². The third-order valence-electron chi connectivity index (χ3n) is 12.1. The van der Waals surface area contributed by atoms with Gasteiger partial charge in [0.2, 0.25) is 0 Å². The van der Waals surface area contributed by atoms with Crippen LogP contribution in [0.2, 0.25) is 0 Å². The van der Waals surface area contributed by atoms with Gasteiger partial charge in [0.1, 0.15) is 23.0 Å². The predicted molar refractivity (Wildman–Crippen MR) is 240 cm³/mol. The fourth-order valence-corrected chi connectivity index (χ4v) is 9.11. The SMILES string of the molecule is COc1ccc(C(C)(C)c2ccc(OC(=O)c3cccc(C(=O)Oc4ccc(C5(c6ccc(OC(=O)c7cccc(C(C)=O)c7)cc6)CC(C)CC(C)(C)C5)cc4)c3)cc2)cc1. The molecule has 2 atom stereocenters. The zero-order valence-corrected chi connectivity index (χ0v) is 36.3. The molecule has 1 aliphatic carbocycles. The molecule has 0 saturated heterocycles. The number of carbonyl (C=O) groups excluding carboxylic acids is 4. The van der Waals surface area contributed by atoms with Gasteiger partial charge in [0, 0.05) is 16.4 Å². The number of hydrogen-bond donors (Lipinski definition) is 0. The summed E-state index contributed by atoms with van der Waals surface area (Å²) in [5.41, 5.74) is 4.93. The van der Waals surface area contributed by atoms with E-state index in [1.165, 1.54) is 13.0 Å². The van der Waals surface area contributed by atoms with Crippen molar-refractivity contribution >= 4 is 23.7 Å².